The summed E-state index contributed by atoms with van der Waals surface area (Å²) in [6, 6.07) is 4.90. The molecule has 0 radical (unpaired) electrons. The molecule has 2 fully saturated rings. The zero-order valence-corrected chi connectivity index (χ0v) is 34.4. The minimum absolute atomic E-state index is 0.123. The topological polar surface area (TPSA) is 293 Å². The molecular weight excluding hydrogens is 785 g/mol. The molecule has 1 aromatic carbocycles. The second-order valence-electron chi connectivity index (χ2n) is 15.5. The summed E-state index contributed by atoms with van der Waals surface area (Å²) < 4.78 is 12.3. The van der Waals surface area contributed by atoms with Crippen LogP contribution in [0, 0.1) is 19.3 Å². The van der Waals surface area contributed by atoms with E-state index in [1.165, 1.54) is 21.6 Å². The molecule has 0 saturated carbocycles. The molecule has 0 unspecified atom stereocenters. The molecule has 0 atom stereocenters. The number of hydrogen-bond acceptors (Lipinski definition) is 13. The summed E-state index contributed by atoms with van der Waals surface area (Å²) in [4.78, 5) is 68.5. The lowest BCUT2D eigenvalue weighted by atomic mass is 9.79. The van der Waals surface area contributed by atoms with Gasteiger partial charge in [-0.1, -0.05) is 12.2 Å². The van der Waals surface area contributed by atoms with Gasteiger partial charge in [-0.15, -0.1) is 0 Å². The molecule has 2 saturated heterocycles. The number of benzene rings is 1. The molecule has 6 aromatic rings. The second-order valence-corrected chi connectivity index (χ2v) is 15.5. The van der Waals surface area contributed by atoms with Gasteiger partial charge in [0.1, 0.15) is 16.9 Å². The highest BCUT2D eigenvalue weighted by Gasteiger charge is 2.45. The number of rotatable bonds is 14. The number of nitrogens with one attached hydrogen (secondary N) is 2. The molecule has 4 amide bonds. The number of nitrogens with two attached hydrogens (primary N) is 4. The average Bonchev–Trinajstić information content (AvgIpc) is 4.03. The molecule has 318 valence electrons. The van der Waals surface area contributed by atoms with E-state index in [0.717, 1.165) is 31.7 Å². The molecule has 7 heterocycles. The Morgan fingerprint density at radius 1 is 0.803 bits per heavy atom. The monoisotopic (exact) mass is 832 g/mol. The Hall–Kier alpha value is -7.13. The van der Waals surface area contributed by atoms with Crippen molar-refractivity contribution in [1.82, 2.24) is 48.5 Å². The number of pyridine rings is 1. The Morgan fingerprint density at radius 2 is 1.36 bits per heavy atom. The predicted molar refractivity (Wildman–Crippen MR) is 227 cm³/mol. The van der Waals surface area contributed by atoms with E-state index in [0.29, 0.717) is 59.8 Å². The van der Waals surface area contributed by atoms with Gasteiger partial charge >= 0.3 is 0 Å². The van der Waals surface area contributed by atoms with E-state index in [9.17, 15) is 19.2 Å². The van der Waals surface area contributed by atoms with Crippen LogP contribution in [0.15, 0.2) is 36.5 Å². The van der Waals surface area contributed by atoms with Crippen molar-refractivity contribution in [3.63, 3.8) is 0 Å². The summed E-state index contributed by atoms with van der Waals surface area (Å²) in [5, 5.41) is 14.6. The zero-order valence-electron chi connectivity index (χ0n) is 34.4. The molecule has 0 bridgehead atoms. The number of carbonyl (C=O) groups excluding carboxylic acids is 4. The maximum Gasteiger partial charge on any atom is 0.278 e. The van der Waals surface area contributed by atoms with Gasteiger partial charge in [0, 0.05) is 69.6 Å². The van der Waals surface area contributed by atoms with Crippen LogP contribution in [0.1, 0.15) is 78.9 Å². The first kappa shape index (κ1) is 40.6. The van der Waals surface area contributed by atoms with Gasteiger partial charge in [-0.05, 0) is 57.9 Å². The van der Waals surface area contributed by atoms with Crippen molar-refractivity contribution in [3.8, 4) is 0 Å². The first-order valence-electron chi connectivity index (χ1n) is 19.9. The summed E-state index contributed by atoms with van der Waals surface area (Å²) >= 11 is 0. The molecule has 21 heteroatoms. The van der Waals surface area contributed by atoms with Gasteiger partial charge < -0.3 is 32.2 Å². The first-order valence-corrected chi connectivity index (χ1v) is 19.9. The Morgan fingerprint density at radius 3 is 1.92 bits per heavy atom. The van der Waals surface area contributed by atoms with Gasteiger partial charge in [0.2, 0.25) is 23.7 Å². The standard InChI is InChI=1S/C40H48N16O5/c1-5-55-31(28(41)21(3)50-55)36(59)48-38-46-26-14-23(33(43)57)13-25(17-52-18-40(19-52)9-12-61-20-40)30(26)53(38)10-7-8-11-54-35-27(15-24(16-45-35)34(44)58)47-39(54)49-37(60)32-29(42)22(4)51-56(32)6-2/h7-8,13-16H,5-6,9-12,17-20,41-42H2,1-4H3,(H2,43,57)(H2,44,58)(H,46,48,59)(H,47,49,60)/b8-7+. The number of hydrogen-bond donors (Lipinski definition) is 6. The van der Waals surface area contributed by atoms with E-state index in [2.05, 4.69) is 35.7 Å². The molecule has 0 aliphatic carbocycles. The van der Waals surface area contributed by atoms with Gasteiger partial charge in [0.15, 0.2) is 5.65 Å². The number of nitrogen functional groups attached to an aromatic ring is 2. The summed E-state index contributed by atoms with van der Waals surface area (Å²) in [6.07, 6.45) is 6.05. The Balaban J connectivity index is 1.16. The van der Waals surface area contributed by atoms with Crippen LogP contribution in [0.3, 0.4) is 0 Å². The number of fused-ring (bicyclic) bond motifs is 2. The molecule has 1 spiro atoms. The predicted octanol–water partition coefficient (Wildman–Crippen LogP) is 2.18. The number of amides is 4. The summed E-state index contributed by atoms with van der Waals surface area (Å²) in [5.74, 6) is -1.97. The molecule has 21 nitrogen and oxygen atoms in total. The minimum atomic E-state index is -0.680. The van der Waals surface area contributed by atoms with Crippen LogP contribution in [-0.4, -0.2) is 98.5 Å². The lowest BCUT2D eigenvalue weighted by Gasteiger charge is -2.47. The number of nitrogens with zero attached hydrogens (tertiary/aromatic N) is 10. The van der Waals surface area contributed by atoms with E-state index in [-0.39, 0.29) is 64.3 Å². The third-order valence-corrected chi connectivity index (χ3v) is 11.3. The molecule has 10 N–H and O–H groups in total. The van der Waals surface area contributed by atoms with Crippen LogP contribution in [0.2, 0.25) is 0 Å². The fourth-order valence-electron chi connectivity index (χ4n) is 8.27. The number of likely N-dealkylation sites (tertiary alicyclic amines) is 1. The number of ether oxygens (including phenoxy) is 1. The van der Waals surface area contributed by atoms with Gasteiger partial charge in [-0.2, -0.15) is 10.2 Å². The smallest absolute Gasteiger partial charge is 0.278 e. The third-order valence-electron chi connectivity index (χ3n) is 11.3. The largest absolute Gasteiger partial charge is 0.395 e. The van der Waals surface area contributed by atoms with Crippen molar-refractivity contribution < 1.29 is 23.9 Å². The molecule has 2 aliphatic rings. The molecule has 2 aliphatic heterocycles. The quantitative estimate of drug-likeness (QED) is 0.0859. The van der Waals surface area contributed by atoms with Crippen LogP contribution in [0.25, 0.3) is 22.2 Å². The molecule has 8 rings (SSSR count). The highest BCUT2D eigenvalue weighted by Crippen LogP contribution is 2.40. The van der Waals surface area contributed by atoms with E-state index >= 15 is 0 Å². The number of aryl methyl sites for hydroxylation is 4. The fraction of sp³-hybridized carbons (Fsp3) is 0.375. The Bertz CT molecular complexity index is 2780. The van der Waals surface area contributed by atoms with Crippen LogP contribution < -0.4 is 33.6 Å². The normalized spacial score (nSPS) is 15.0. The average molecular weight is 833 g/mol. The van der Waals surface area contributed by atoms with Crippen molar-refractivity contribution in [3.05, 3.63) is 76.0 Å². The number of anilines is 4. The minimum Gasteiger partial charge on any atom is -0.395 e. The zero-order chi connectivity index (χ0) is 43.3. The van der Waals surface area contributed by atoms with Crippen molar-refractivity contribution in [1.29, 1.82) is 0 Å². The molecule has 61 heavy (non-hydrogen) atoms. The summed E-state index contributed by atoms with van der Waals surface area (Å²) in [7, 11) is 0. The maximum atomic E-state index is 13.9. The fourth-order valence-corrected chi connectivity index (χ4v) is 8.27. The highest BCUT2D eigenvalue weighted by atomic mass is 16.5. The van der Waals surface area contributed by atoms with Crippen molar-refractivity contribution in [2.45, 2.75) is 66.8 Å². The van der Waals surface area contributed by atoms with Gasteiger partial charge in [0.05, 0.1) is 46.0 Å². The van der Waals surface area contributed by atoms with Crippen molar-refractivity contribution in [2.75, 3.05) is 48.4 Å². The van der Waals surface area contributed by atoms with Gasteiger partial charge in [-0.3, -0.25) is 48.6 Å². The van der Waals surface area contributed by atoms with Crippen molar-refractivity contribution in [2.24, 2.45) is 16.9 Å². The van der Waals surface area contributed by atoms with Gasteiger partial charge in [0.25, 0.3) is 11.8 Å². The third kappa shape index (κ3) is 7.41. The molecule has 5 aromatic heterocycles. The summed E-state index contributed by atoms with van der Waals surface area (Å²) in [6.45, 7) is 12.0. The maximum absolute atomic E-state index is 13.9. The summed E-state index contributed by atoms with van der Waals surface area (Å²) in [5.41, 5.74) is 29.1. The SMILES string of the molecule is CCn1nc(C)c(N)c1C(=O)Nc1nc2cc(C(N)=O)cnc2n1C/C=C/Cn1c(NC(=O)c2c(N)c(C)nn2CC)nc2cc(C(N)=O)cc(CN3CC4(CCOC4)C3)c21. The highest BCUT2D eigenvalue weighted by molar-refractivity contribution is 6.08. The molecular formula is C40H48N16O5. The lowest BCUT2D eigenvalue weighted by Crippen LogP contribution is -2.56. The van der Waals surface area contributed by atoms with Crippen LogP contribution >= 0.6 is 0 Å². The van der Waals surface area contributed by atoms with Crippen LogP contribution in [0.5, 0.6) is 0 Å². The van der Waals surface area contributed by atoms with E-state index in [1.807, 2.05) is 30.6 Å². The van der Waals surface area contributed by atoms with Gasteiger partial charge in [-0.25, -0.2) is 15.0 Å². The number of primary amides is 2. The number of aromatic nitrogens is 9. The van der Waals surface area contributed by atoms with E-state index in [4.69, 9.17) is 32.7 Å². The first-order chi connectivity index (χ1) is 29.2. The van der Waals surface area contributed by atoms with E-state index < -0.39 is 23.6 Å². The van der Waals surface area contributed by atoms with Crippen molar-refractivity contribution >= 4 is 69.1 Å². The van der Waals surface area contributed by atoms with Crippen LogP contribution in [-0.2, 0) is 37.5 Å². The second kappa shape index (κ2) is 15.8. The number of imidazole rings is 2. The van der Waals surface area contributed by atoms with Crippen LogP contribution in [0.4, 0.5) is 23.3 Å². The Labute approximate surface area is 349 Å². The number of carbonyl (C=O) groups is 4. The Kier molecular flexibility index (Phi) is 10.5. The number of allylic oxidation sites excluding steroid dienone is 2. The lowest BCUT2D eigenvalue weighted by molar-refractivity contribution is -0.0121. The van der Waals surface area contributed by atoms with E-state index in [1.54, 1.807) is 30.5 Å².